The molecule has 0 atom stereocenters. The lowest BCUT2D eigenvalue weighted by atomic mass is 9.83. The molecule has 7 nitrogen and oxygen atoms in total. The van der Waals surface area contributed by atoms with E-state index in [-0.39, 0.29) is 24.0 Å². The number of esters is 1. The fraction of sp³-hybridized carbons (Fsp3) is 0.222. The van der Waals surface area contributed by atoms with Gasteiger partial charge in [0.15, 0.2) is 6.79 Å². The van der Waals surface area contributed by atoms with Crippen molar-refractivity contribution in [3.63, 3.8) is 0 Å². The van der Waals surface area contributed by atoms with Gasteiger partial charge in [0.25, 0.3) is 5.91 Å². The van der Waals surface area contributed by atoms with Gasteiger partial charge in [0.2, 0.25) is 0 Å². The molecule has 4 N–H and O–H groups in total. The first-order chi connectivity index (χ1) is 16.1. The summed E-state index contributed by atoms with van der Waals surface area (Å²) in [6.45, 7) is 6.04. The van der Waals surface area contributed by atoms with Gasteiger partial charge < -0.3 is 20.5 Å². The van der Waals surface area contributed by atoms with Crippen LogP contribution in [-0.2, 0) is 14.9 Å². The van der Waals surface area contributed by atoms with Crippen LogP contribution in [0.2, 0.25) is 0 Å². The van der Waals surface area contributed by atoms with E-state index >= 15 is 0 Å². The maximum absolute atomic E-state index is 13.4. The number of nitrogens with two attached hydrogens (primary N) is 1. The Bertz CT molecular complexity index is 1210. The van der Waals surface area contributed by atoms with Crippen LogP contribution in [0, 0.1) is 5.41 Å². The Labute approximate surface area is 199 Å². The lowest BCUT2D eigenvalue weighted by Gasteiger charge is -2.22. The predicted octanol–water partition coefficient (Wildman–Crippen LogP) is 4.95. The van der Waals surface area contributed by atoms with Gasteiger partial charge >= 0.3 is 5.97 Å². The molecule has 0 radical (unpaired) electrons. The number of rotatable bonds is 7. The van der Waals surface area contributed by atoms with Crippen LogP contribution < -0.4 is 11.1 Å². The Hall–Kier alpha value is -3.97. The largest absolute Gasteiger partial charge is 0.435 e. The molecule has 1 amide bonds. The van der Waals surface area contributed by atoms with Crippen LogP contribution in [0.5, 0.6) is 0 Å². The number of benzene rings is 3. The minimum Gasteiger partial charge on any atom is -0.435 e. The Balaban J connectivity index is 2.07. The van der Waals surface area contributed by atoms with Crippen LogP contribution in [0.15, 0.2) is 66.7 Å². The predicted molar refractivity (Wildman–Crippen MR) is 133 cm³/mol. The normalized spacial score (nSPS) is 11.1. The molecule has 0 aliphatic rings. The number of carbonyl (C=O) groups excluding carboxylic acids is 2. The van der Waals surface area contributed by atoms with Crippen LogP contribution in [0.3, 0.4) is 0 Å². The van der Waals surface area contributed by atoms with Gasteiger partial charge in [-0.1, -0.05) is 51.1 Å². The fourth-order valence-corrected chi connectivity index (χ4v) is 3.45. The molecule has 0 aromatic heterocycles. The first-order valence-electron chi connectivity index (χ1n) is 10.8. The quantitative estimate of drug-likeness (QED) is 0.200. The summed E-state index contributed by atoms with van der Waals surface area (Å²) < 4.78 is 10.0. The van der Waals surface area contributed by atoms with Crippen molar-refractivity contribution >= 4 is 23.4 Å². The van der Waals surface area contributed by atoms with E-state index in [2.05, 4.69) is 26.1 Å². The van der Waals surface area contributed by atoms with E-state index in [1.165, 1.54) is 7.11 Å². The van der Waals surface area contributed by atoms with Crippen LogP contribution in [0.1, 0.15) is 52.6 Å². The Morgan fingerprint density at radius 3 is 2.21 bits per heavy atom. The average molecular weight is 460 g/mol. The molecule has 0 bridgehead atoms. The zero-order chi connectivity index (χ0) is 24.9. The van der Waals surface area contributed by atoms with Gasteiger partial charge in [0.05, 0.1) is 5.56 Å². The summed E-state index contributed by atoms with van der Waals surface area (Å²) in [7, 11) is 1.44. The molecule has 0 aliphatic carbocycles. The highest BCUT2D eigenvalue weighted by atomic mass is 16.7. The number of anilines is 1. The number of ether oxygens (including phenoxy) is 2. The van der Waals surface area contributed by atoms with E-state index in [9.17, 15) is 9.59 Å². The number of methoxy groups -OCH3 is 1. The highest BCUT2D eigenvalue weighted by Crippen LogP contribution is 2.32. The molecule has 7 heteroatoms. The minimum absolute atomic E-state index is 0.0463. The van der Waals surface area contributed by atoms with Gasteiger partial charge in [-0.15, -0.1) is 0 Å². The summed E-state index contributed by atoms with van der Waals surface area (Å²) >= 11 is 0. The lowest BCUT2D eigenvalue weighted by Crippen LogP contribution is -2.18. The van der Waals surface area contributed by atoms with Crippen molar-refractivity contribution in [1.82, 2.24) is 0 Å². The number of hydrogen-bond donors (Lipinski definition) is 3. The number of carbonyl (C=O) groups is 2. The van der Waals surface area contributed by atoms with E-state index in [0.29, 0.717) is 33.5 Å². The third kappa shape index (κ3) is 5.68. The summed E-state index contributed by atoms with van der Waals surface area (Å²) in [6.07, 6.45) is 0. The smallest absolute Gasteiger partial charge is 0.340 e. The summed E-state index contributed by atoms with van der Waals surface area (Å²) in [4.78, 5) is 26.1. The molecule has 3 aromatic carbocycles. The van der Waals surface area contributed by atoms with E-state index in [1.807, 2.05) is 24.3 Å². The van der Waals surface area contributed by atoms with Gasteiger partial charge in [0.1, 0.15) is 5.84 Å². The Kier molecular flexibility index (Phi) is 7.48. The summed E-state index contributed by atoms with van der Waals surface area (Å²) in [5.41, 5.74) is 9.39. The third-order valence-electron chi connectivity index (χ3n) is 5.33. The van der Waals surface area contributed by atoms with Gasteiger partial charge in [-0.25, -0.2) is 4.79 Å². The minimum atomic E-state index is -0.538. The van der Waals surface area contributed by atoms with Gasteiger partial charge in [-0.05, 0) is 58.5 Å². The molecule has 176 valence electrons. The van der Waals surface area contributed by atoms with Crippen molar-refractivity contribution in [1.29, 1.82) is 5.41 Å². The standard InChI is InChI=1S/C27H29N3O4/c1-27(2,3)18-11-14-21(20-7-5-6-8-22(20)26(32)34-16-33-4)23(15-18)25(31)30-19-12-9-17(10-13-19)24(28)29/h5-15H,16H2,1-4H3,(H3,28,29)(H,30,31). The summed E-state index contributed by atoms with van der Waals surface area (Å²) in [6, 6.07) is 19.4. The zero-order valence-electron chi connectivity index (χ0n) is 19.8. The van der Waals surface area contributed by atoms with E-state index in [4.69, 9.17) is 20.6 Å². The van der Waals surface area contributed by atoms with Crippen LogP contribution >= 0.6 is 0 Å². The Morgan fingerprint density at radius 2 is 1.59 bits per heavy atom. The van der Waals surface area contributed by atoms with E-state index in [0.717, 1.165) is 5.56 Å². The number of nitrogen functional groups attached to an aromatic ring is 1. The monoisotopic (exact) mass is 459 g/mol. The molecule has 3 aromatic rings. The molecule has 0 saturated carbocycles. The Morgan fingerprint density at radius 1 is 0.941 bits per heavy atom. The number of amidine groups is 1. The van der Waals surface area contributed by atoms with Crippen molar-refractivity contribution in [2.45, 2.75) is 26.2 Å². The fourth-order valence-electron chi connectivity index (χ4n) is 3.45. The maximum Gasteiger partial charge on any atom is 0.340 e. The van der Waals surface area contributed by atoms with Crippen molar-refractivity contribution in [2.75, 3.05) is 19.2 Å². The van der Waals surface area contributed by atoms with Gasteiger partial charge in [-0.3, -0.25) is 10.2 Å². The molecule has 0 fully saturated rings. The number of amides is 1. The van der Waals surface area contributed by atoms with Crippen LogP contribution in [-0.4, -0.2) is 31.6 Å². The van der Waals surface area contributed by atoms with E-state index < -0.39 is 5.97 Å². The first kappa shape index (κ1) is 24.7. The molecule has 34 heavy (non-hydrogen) atoms. The summed E-state index contributed by atoms with van der Waals surface area (Å²) in [5, 5.41) is 10.4. The highest BCUT2D eigenvalue weighted by molar-refractivity contribution is 6.10. The van der Waals surface area contributed by atoms with Gasteiger partial charge in [-0.2, -0.15) is 0 Å². The molecule has 3 rings (SSSR count). The lowest BCUT2D eigenvalue weighted by molar-refractivity contribution is -0.0124. The first-order valence-corrected chi connectivity index (χ1v) is 10.8. The summed E-state index contributed by atoms with van der Waals surface area (Å²) in [5.74, 6) is -0.907. The second-order valence-electron chi connectivity index (χ2n) is 8.84. The van der Waals surface area contributed by atoms with Crippen LogP contribution in [0.25, 0.3) is 11.1 Å². The molecule has 0 unspecified atom stereocenters. The molecular weight excluding hydrogens is 430 g/mol. The van der Waals surface area contributed by atoms with Crippen molar-refractivity contribution in [3.8, 4) is 11.1 Å². The van der Waals surface area contributed by atoms with Crippen molar-refractivity contribution < 1.29 is 19.1 Å². The SMILES string of the molecule is COCOC(=O)c1ccccc1-c1ccc(C(C)(C)C)cc1C(=O)Nc1ccc(C(=N)N)cc1. The second kappa shape index (κ2) is 10.3. The third-order valence-corrected chi connectivity index (χ3v) is 5.33. The number of hydrogen-bond acceptors (Lipinski definition) is 5. The zero-order valence-corrected chi connectivity index (χ0v) is 19.8. The molecule has 0 aliphatic heterocycles. The molecule has 0 heterocycles. The average Bonchev–Trinajstić information content (AvgIpc) is 2.82. The van der Waals surface area contributed by atoms with E-state index in [1.54, 1.807) is 42.5 Å². The van der Waals surface area contributed by atoms with Crippen molar-refractivity contribution in [2.24, 2.45) is 5.73 Å². The second-order valence-corrected chi connectivity index (χ2v) is 8.84. The molecular formula is C27H29N3O4. The molecule has 0 saturated heterocycles. The maximum atomic E-state index is 13.4. The van der Waals surface area contributed by atoms with Crippen LogP contribution in [0.4, 0.5) is 5.69 Å². The van der Waals surface area contributed by atoms with Crippen molar-refractivity contribution in [3.05, 3.63) is 89.0 Å². The topological polar surface area (TPSA) is 114 Å². The highest BCUT2D eigenvalue weighted by Gasteiger charge is 2.22. The molecule has 0 spiro atoms. The van der Waals surface area contributed by atoms with Gasteiger partial charge in [0, 0.05) is 23.9 Å². The number of nitrogens with one attached hydrogen (secondary N) is 2.